The van der Waals surface area contributed by atoms with Crippen molar-refractivity contribution >= 4 is 35.9 Å². The molecule has 1 aromatic rings. The molecule has 1 unspecified atom stereocenters. The topological polar surface area (TPSA) is 53.9 Å². The van der Waals surface area contributed by atoms with Crippen molar-refractivity contribution in [2.24, 2.45) is 10.9 Å². The van der Waals surface area contributed by atoms with E-state index in [-0.39, 0.29) is 35.9 Å². The van der Waals surface area contributed by atoms with Gasteiger partial charge in [0.2, 0.25) is 0 Å². The summed E-state index contributed by atoms with van der Waals surface area (Å²) in [5.74, 6) is 1.12. The lowest BCUT2D eigenvalue weighted by atomic mass is 9.98. The average molecular weight is 459 g/mol. The summed E-state index contributed by atoms with van der Waals surface area (Å²) in [6, 6.07) is 10.5. The van der Waals surface area contributed by atoms with Crippen LogP contribution in [0.4, 0.5) is 0 Å². The van der Waals surface area contributed by atoms with E-state index in [1.807, 2.05) is 13.0 Å². The van der Waals surface area contributed by atoms with E-state index in [1.165, 1.54) is 5.56 Å². The van der Waals surface area contributed by atoms with Gasteiger partial charge in [0.25, 0.3) is 0 Å². The van der Waals surface area contributed by atoms with Gasteiger partial charge in [-0.1, -0.05) is 37.3 Å². The number of piperidine rings is 1. The van der Waals surface area contributed by atoms with Crippen molar-refractivity contribution in [2.75, 3.05) is 33.3 Å². The van der Waals surface area contributed by atoms with Crippen molar-refractivity contribution in [1.82, 2.24) is 10.2 Å². The predicted octanol–water partition coefficient (Wildman–Crippen LogP) is 3.26. The van der Waals surface area contributed by atoms with E-state index in [0.717, 1.165) is 31.9 Å². The molecule has 0 spiro atoms. The van der Waals surface area contributed by atoms with Crippen LogP contribution in [0.15, 0.2) is 35.3 Å². The highest BCUT2D eigenvalue weighted by Crippen LogP contribution is 2.18. The summed E-state index contributed by atoms with van der Waals surface area (Å²) in [4.78, 5) is 18.6. The van der Waals surface area contributed by atoms with Crippen LogP contribution in [0.25, 0.3) is 0 Å². The van der Waals surface area contributed by atoms with E-state index in [9.17, 15) is 4.79 Å². The molecule has 140 valence electrons. The molecule has 0 radical (unpaired) electrons. The van der Waals surface area contributed by atoms with Gasteiger partial charge in [-0.3, -0.25) is 9.79 Å². The Morgan fingerprint density at radius 3 is 2.76 bits per heavy atom. The molecule has 1 aliphatic rings. The quantitative estimate of drug-likeness (QED) is 0.318. The fourth-order valence-electron chi connectivity index (χ4n) is 3.10. The number of carbonyl (C=O) groups is 1. The number of rotatable bonds is 5. The second-order valence-corrected chi connectivity index (χ2v) is 6.28. The molecule has 0 amide bonds. The molecular formula is C19H30IN3O2. The molecule has 1 heterocycles. The van der Waals surface area contributed by atoms with E-state index >= 15 is 0 Å². The molecule has 1 N–H and O–H groups in total. The minimum absolute atomic E-state index is 0. The number of benzene rings is 1. The van der Waals surface area contributed by atoms with Crippen molar-refractivity contribution in [3.63, 3.8) is 0 Å². The van der Waals surface area contributed by atoms with Gasteiger partial charge < -0.3 is 15.0 Å². The maximum atomic E-state index is 12.0. The standard InChI is InChI=1S/C19H29N3O2.HI/c1-4-24-18(23)17-11-8-12-22(14-17)19(20-3)21-13-15(2)16-9-6-5-7-10-16;/h5-7,9-10,15,17H,4,8,11-14H2,1-3H3,(H,20,21);1H/t15?,17-;/m1./s1. The Kier molecular flexibility index (Phi) is 9.85. The Hall–Kier alpha value is -1.31. The van der Waals surface area contributed by atoms with Crippen molar-refractivity contribution in [1.29, 1.82) is 0 Å². The summed E-state index contributed by atoms with van der Waals surface area (Å²) >= 11 is 0. The fraction of sp³-hybridized carbons (Fsp3) is 0.579. The lowest BCUT2D eigenvalue weighted by molar-refractivity contribution is -0.149. The van der Waals surface area contributed by atoms with Gasteiger partial charge in [-0.2, -0.15) is 0 Å². The smallest absolute Gasteiger partial charge is 0.310 e. The molecule has 0 bridgehead atoms. The molecule has 2 rings (SSSR count). The molecule has 1 saturated heterocycles. The zero-order valence-electron chi connectivity index (χ0n) is 15.4. The van der Waals surface area contributed by atoms with Crippen LogP contribution in [0.1, 0.15) is 38.2 Å². The Bertz CT molecular complexity index is 551. The minimum Gasteiger partial charge on any atom is -0.466 e. The van der Waals surface area contributed by atoms with E-state index < -0.39 is 0 Å². The highest BCUT2D eigenvalue weighted by molar-refractivity contribution is 14.0. The van der Waals surface area contributed by atoms with Crippen LogP contribution < -0.4 is 5.32 Å². The largest absolute Gasteiger partial charge is 0.466 e. The second kappa shape index (κ2) is 11.3. The molecule has 1 aromatic carbocycles. The van der Waals surface area contributed by atoms with Crippen LogP contribution in [0.3, 0.4) is 0 Å². The highest BCUT2D eigenvalue weighted by atomic mass is 127. The maximum Gasteiger partial charge on any atom is 0.310 e. The van der Waals surface area contributed by atoms with Gasteiger partial charge in [-0.25, -0.2) is 0 Å². The number of hydrogen-bond acceptors (Lipinski definition) is 3. The van der Waals surface area contributed by atoms with E-state index in [0.29, 0.717) is 19.1 Å². The molecule has 6 heteroatoms. The molecule has 0 aliphatic carbocycles. The predicted molar refractivity (Wildman–Crippen MR) is 113 cm³/mol. The Labute approximate surface area is 168 Å². The number of aliphatic imine (C=N–C) groups is 1. The molecular weight excluding hydrogens is 429 g/mol. The maximum absolute atomic E-state index is 12.0. The molecule has 1 fully saturated rings. The number of halogens is 1. The first-order valence-corrected chi connectivity index (χ1v) is 8.82. The molecule has 5 nitrogen and oxygen atoms in total. The third-order valence-corrected chi connectivity index (χ3v) is 4.49. The monoisotopic (exact) mass is 459 g/mol. The van der Waals surface area contributed by atoms with Crippen LogP contribution in [0, 0.1) is 5.92 Å². The fourth-order valence-corrected chi connectivity index (χ4v) is 3.10. The third kappa shape index (κ3) is 6.49. The number of nitrogens with one attached hydrogen (secondary N) is 1. The molecule has 25 heavy (non-hydrogen) atoms. The number of hydrogen-bond donors (Lipinski definition) is 1. The Morgan fingerprint density at radius 1 is 1.40 bits per heavy atom. The number of likely N-dealkylation sites (tertiary alicyclic amines) is 1. The Balaban J connectivity index is 0.00000312. The van der Waals surface area contributed by atoms with Crippen LogP contribution in [-0.4, -0.2) is 50.1 Å². The van der Waals surface area contributed by atoms with Crippen LogP contribution in [0.2, 0.25) is 0 Å². The lowest BCUT2D eigenvalue weighted by Gasteiger charge is -2.34. The first kappa shape index (κ1) is 21.7. The molecule has 0 saturated carbocycles. The average Bonchev–Trinajstić information content (AvgIpc) is 2.63. The normalized spacial score (nSPS) is 18.9. The number of nitrogens with zero attached hydrogens (tertiary/aromatic N) is 2. The van der Waals surface area contributed by atoms with Gasteiger partial charge in [0, 0.05) is 26.7 Å². The summed E-state index contributed by atoms with van der Waals surface area (Å²) < 4.78 is 5.17. The van der Waals surface area contributed by atoms with Crippen LogP contribution in [-0.2, 0) is 9.53 Å². The first-order valence-electron chi connectivity index (χ1n) is 8.82. The number of carbonyl (C=O) groups excluding carboxylic acids is 1. The molecule has 1 aliphatic heterocycles. The van der Waals surface area contributed by atoms with E-state index in [4.69, 9.17) is 4.74 Å². The second-order valence-electron chi connectivity index (χ2n) is 6.28. The summed E-state index contributed by atoms with van der Waals surface area (Å²) in [7, 11) is 1.80. The van der Waals surface area contributed by atoms with Crippen LogP contribution >= 0.6 is 24.0 Å². The van der Waals surface area contributed by atoms with Gasteiger partial charge in [0.1, 0.15) is 0 Å². The van der Waals surface area contributed by atoms with Gasteiger partial charge in [-0.15, -0.1) is 24.0 Å². The van der Waals surface area contributed by atoms with Gasteiger partial charge >= 0.3 is 5.97 Å². The van der Waals surface area contributed by atoms with E-state index in [2.05, 4.69) is 46.4 Å². The van der Waals surface area contributed by atoms with Gasteiger partial charge in [0.15, 0.2) is 5.96 Å². The number of ether oxygens (including phenoxy) is 1. The summed E-state index contributed by atoms with van der Waals surface area (Å²) in [5.41, 5.74) is 1.31. The van der Waals surface area contributed by atoms with Gasteiger partial charge in [-0.05, 0) is 31.2 Å². The number of esters is 1. The minimum atomic E-state index is -0.0877. The summed E-state index contributed by atoms with van der Waals surface area (Å²) in [6.07, 6.45) is 1.88. The summed E-state index contributed by atoms with van der Waals surface area (Å²) in [5, 5.41) is 3.45. The lowest BCUT2D eigenvalue weighted by Crippen LogP contribution is -2.48. The zero-order valence-corrected chi connectivity index (χ0v) is 17.7. The van der Waals surface area contributed by atoms with Crippen molar-refractivity contribution in [2.45, 2.75) is 32.6 Å². The first-order chi connectivity index (χ1) is 11.7. The van der Waals surface area contributed by atoms with Crippen molar-refractivity contribution < 1.29 is 9.53 Å². The van der Waals surface area contributed by atoms with Crippen molar-refractivity contribution in [3.05, 3.63) is 35.9 Å². The number of guanidine groups is 1. The molecule has 0 aromatic heterocycles. The summed E-state index contributed by atoms with van der Waals surface area (Å²) in [6.45, 7) is 6.92. The van der Waals surface area contributed by atoms with Gasteiger partial charge in [0.05, 0.1) is 12.5 Å². The highest BCUT2D eigenvalue weighted by Gasteiger charge is 2.28. The SMILES string of the molecule is CCOC(=O)[C@@H]1CCCN(C(=NC)NCC(C)c2ccccc2)C1.I. The molecule has 2 atom stereocenters. The zero-order chi connectivity index (χ0) is 17.4. The van der Waals surface area contributed by atoms with E-state index in [1.54, 1.807) is 7.05 Å². The Morgan fingerprint density at radius 2 is 2.12 bits per heavy atom. The van der Waals surface area contributed by atoms with Crippen LogP contribution in [0.5, 0.6) is 0 Å². The van der Waals surface area contributed by atoms with Crippen molar-refractivity contribution in [3.8, 4) is 0 Å². The third-order valence-electron chi connectivity index (χ3n) is 4.49.